The number of nitrogens with zero attached hydrogens (tertiary/aromatic N) is 3. The molecule has 0 radical (unpaired) electrons. The molecular formula is C12H10Cl2N4. The summed E-state index contributed by atoms with van der Waals surface area (Å²) in [6.45, 7) is 1.90. The molecular weight excluding hydrogens is 271 g/mol. The lowest BCUT2D eigenvalue weighted by Gasteiger charge is -2.05. The van der Waals surface area contributed by atoms with Crippen molar-refractivity contribution in [1.29, 1.82) is 0 Å². The van der Waals surface area contributed by atoms with E-state index in [0.29, 0.717) is 10.7 Å². The van der Waals surface area contributed by atoms with Gasteiger partial charge in [-0.1, -0.05) is 53.5 Å². The summed E-state index contributed by atoms with van der Waals surface area (Å²) in [6.07, 6.45) is 1.47. The zero-order valence-electron chi connectivity index (χ0n) is 9.56. The maximum Gasteiger partial charge on any atom is 0.172 e. The summed E-state index contributed by atoms with van der Waals surface area (Å²) in [5, 5.41) is 12.0. The predicted octanol–water partition coefficient (Wildman–Crippen LogP) is 3.62. The van der Waals surface area contributed by atoms with Gasteiger partial charge >= 0.3 is 0 Å². The van der Waals surface area contributed by atoms with E-state index in [9.17, 15) is 0 Å². The van der Waals surface area contributed by atoms with Crippen molar-refractivity contribution in [3.05, 3.63) is 52.3 Å². The van der Waals surface area contributed by atoms with Gasteiger partial charge in [0, 0.05) is 0 Å². The molecule has 0 aliphatic rings. The molecule has 6 heteroatoms. The first-order chi connectivity index (χ1) is 8.68. The van der Waals surface area contributed by atoms with E-state index in [1.54, 1.807) is 0 Å². The molecule has 4 nitrogen and oxygen atoms in total. The Morgan fingerprint density at radius 1 is 1.22 bits per heavy atom. The van der Waals surface area contributed by atoms with Gasteiger partial charge in [-0.3, -0.25) is 5.43 Å². The summed E-state index contributed by atoms with van der Waals surface area (Å²) in [5.41, 5.74) is 5.20. The standard InChI is InChI=1S/C12H10Cl2N4/c1-8(9-5-3-2-4-6-9)16-17-10-7-15-18-12(14)11(10)13/h2-7H,1H3,(H,17,18)/b16-8-. The van der Waals surface area contributed by atoms with E-state index >= 15 is 0 Å². The van der Waals surface area contributed by atoms with Gasteiger partial charge in [-0.05, 0) is 12.5 Å². The van der Waals surface area contributed by atoms with Crippen molar-refractivity contribution in [2.24, 2.45) is 5.10 Å². The van der Waals surface area contributed by atoms with Crippen molar-refractivity contribution < 1.29 is 0 Å². The molecule has 1 N–H and O–H groups in total. The van der Waals surface area contributed by atoms with Gasteiger partial charge in [-0.2, -0.15) is 10.2 Å². The molecule has 1 heterocycles. The van der Waals surface area contributed by atoms with E-state index in [2.05, 4.69) is 20.7 Å². The van der Waals surface area contributed by atoms with Crippen LogP contribution in [0.3, 0.4) is 0 Å². The van der Waals surface area contributed by atoms with Gasteiger partial charge in [0.1, 0.15) is 5.02 Å². The van der Waals surface area contributed by atoms with E-state index in [-0.39, 0.29) is 5.15 Å². The highest BCUT2D eigenvalue weighted by atomic mass is 35.5. The zero-order chi connectivity index (χ0) is 13.0. The molecule has 0 spiro atoms. The number of anilines is 1. The van der Waals surface area contributed by atoms with E-state index in [1.165, 1.54) is 6.20 Å². The molecule has 2 rings (SSSR count). The Balaban J connectivity index is 2.18. The van der Waals surface area contributed by atoms with Crippen LogP contribution in [0.5, 0.6) is 0 Å². The number of nitrogens with one attached hydrogen (secondary N) is 1. The summed E-state index contributed by atoms with van der Waals surface area (Å²) in [6, 6.07) is 9.80. The summed E-state index contributed by atoms with van der Waals surface area (Å²) in [4.78, 5) is 0. The number of halogens is 2. The zero-order valence-corrected chi connectivity index (χ0v) is 11.1. The smallest absolute Gasteiger partial charge is 0.172 e. The second kappa shape index (κ2) is 5.80. The van der Waals surface area contributed by atoms with E-state index in [0.717, 1.165) is 11.3 Å². The minimum atomic E-state index is 0.147. The van der Waals surface area contributed by atoms with Crippen LogP contribution in [0, 0.1) is 0 Å². The van der Waals surface area contributed by atoms with Gasteiger partial charge < -0.3 is 0 Å². The second-order valence-electron chi connectivity index (χ2n) is 3.54. The number of hydrogen-bond donors (Lipinski definition) is 1. The van der Waals surface area contributed by atoms with Gasteiger partial charge in [0.15, 0.2) is 5.15 Å². The van der Waals surface area contributed by atoms with Crippen molar-refractivity contribution in [2.45, 2.75) is 6.92 Å². The molecule has 0 saturated carbocycles. The SMILES string of the molecule is C/C(=N/Nc1cnnc(Cl)c1Cl)c1ccccc1. The molecule has 0 saturated heterocycles. The van der Waals surface area contributed by atoms with Crippen molar-refractivity contribution in [2.75, 3.05) is 5.43 Å². The maximum absolute atomic E-state index is 5.96. The Labute approximate surface area is 115 Å². The molecule has 0 aliphatic heterocycles. The van der Waals surface area contributed by atoms with Crippen LogP contribution in [-0.2, 0) is 0 Å². The number of aromatic nitrogens is 2. The molecule has 1 aromatic heterocycles. The summed E-state index contributed by atoms with van der Waals surface area (Å²) < 4.78 is 0. The molecule has 0 atom stereocenters. The van der Waals surface area contributed by atoms with E-state index in [1.807, 2.05) is 37.3 Å². The lowest BCUT2D eigenvalue weighted by molar-refractivity contribution is 1.03. The van der Waals surface area contributed by atoms with Gasteiger partial charge in [0.05, 0.1) is 17.6 Å². The molecule has 0 aliphatic carbocycles. The number of hydrazone groups is 1. The van der Waals surface area contributed by atoms with Crippen LogP contribution in [0.4, 0.5) is 5.69 Å². The number of benzene rings is 1. The third kappa shape index (κ3) is 2.97. The third-order valence-corrected chi connectivity index (χ3v) is 3.03. The topological polar surface area (TPSA) is 50.2 Å². The quantitative estimate of drug-likeness (QED) is 0.690. The van der Waals surface area contributed by atoms with Crippen LogP contribution in [-0.4, -0.2) is 15.9 Å². The van der Waals surface area contributed by atoms with Crippen molar-refractivity contribution in [3.8, 4) is 0 Å². The fourth-order valence-electron chi connectivity index (χ4n) is 1.31. The highest BCUT2D eigenvalue weighted by Crippen LogP contribution is 2.26. The van der Waals surface area contributed by atoms with E-state index < -0.39 is 0 Å². The number of rotatable bonds is 3. The fourth-order valence-corrected chi connectivity index (χ4v) is 1.59. The Morgan fingerprint density at radius 3 is 2.67 bits per heavy atom. The normalized spacial score (nSPS) is 11.4. The first-order valence-corrected chi connectivity index (χ1v) is 5.96. The monoisotopic (exact) mass is 280 g/mol. The van der Waals surface area contributed by atoms with Crippen molar-refractivity contribution in [3.63, 3.8) is 0 Å². The Morgan fingerprint density at radius 2 is 1.94 bits per heavy atom. The molecule has 0 amide bonds. The second-order valence-corrected chi connectivity index (χ2v) is 4.27. The largest absolute Gasteiger partial charge is 0.275 e. The lowest BCUT2D eigenvalue weighted by Crippen LogP contribution is -2.00. The highest BCUT2D eigenvalue weighted by molar-refractivity contribution is 6.42. The summed E-state index contributed by atoms with van der Waals surface area (Å²) in [7, 11) is 0. The summed E-state index contributed by atoms with van der Waals surface area (Å²) >= 11 is 11.7. The van der Waals surface area contributed by atoms with Gasteiger partial charge in [0.25, 0.3) is 0 Å². The molecule has 92 valence electrons. The molecule has 0 unspecified atom stereocenters. The van der Waals surface area contributed by atoms with Crippen LogP contribution in [0.15, 0.2) is 41.6 Å². The lowest BCUT2D eigenvalue weighted by atomic mass is 10.1. The van der Waals surface area contributed by atoms with Crippen molar-refractivity contribution >= 4 is 34.6 Å². The van der Waals surface area contributed by atoms with Crippen LogP contribution in [0.1, 0.15) is 12.5 Å². The minimum Gasteiger partial charge on any atom is -0.275 e. The first-order valence-electron chi connectivity index (χ1n) is 5.21. The summed E-state index contributed by atoms with van der Waals surface area (Å²) in [5.74, 6) is 0. The average Bonchev–Trinajstić information content (AvgIpc) is 2.41. The van der Waals surface area contributed by atoms with Crippen LogP contribution in [0.25, 0.3) is 0 Å². The third-order valence-electron chi connectivity index (χ3n) is 2.29. The molecule has 0 bridgehead atoms. The first kappa shape index (κ1) is 12.8. The van der Waals surface area contributed by atoms with Crippen LogP contribution in [0.2, 0.25) is 10.2 Å². The number of hydrogen-bond acceptors (Lipinski definition) is 4. The maximum atomic E-state index is 5.96. The predicted molar refractivity (Wildman–Crippen MR) is 74.3 cm³/mol. The Hall–Kier alpha value is -1.65. The average molecular weight is 281 g/mol. The van der Waals surface area contributed by atoms with Gasteiger partial charge in [-0.15, -0.1) is 5.10 Å². The van der Waals surface area contributed by atoms with Crippen LogP contribution >= 0.6 is 23.2 Å². The van der Waals surface area contributed by atoms with Crippen LogP contribution < -0.4 is 5.43 Å². The molecule has 2 aromatic rings. The van der Waals surface area contributed by atoms with Crippen molar-refractivity contribution in [1.82, 2.24) is 10.2 Å². The Kier molecular flexibility index (Phi) is 4.12. The van der Waals surface area contributed by atoms with E-state index in [4.69, 9.17) is 23.2 Å². The van der Waals surface area contributed by atoms with Gasteiger partial charge in [0.2, 0.25) is 0 Å². The molecule has 1 aromatic carbocycles. The highest BCUT2D eigenvalue weighted by Gasteiger charge is 2.05. The minimum absolute atomic E-state index is 0.147. The fraction of sp³-hybridized carbons (Fsp3) is 0.0833. The van der Waals surface area contributed by atoms with Gasteiger partial charge in [-0.25, -0.2) is 0 Å². The Bertz CT molecular complexity index is 570. The molecule has 0 fully saturated rings. The molecule has 18 heavy (non-hydrogen) atoms.